The number of hydrogen-bond donors (Lipinski definition) is 1. The van der Waals surface area contributed by atoms with Gasteiger partial charge in [0, 0.05) is 48.5 Å². The van der Waals surface area contributed by atoms with E-state index in [-0.39, 0.29) is 0 Å². The topological polar surface area (TPSA) is 232 Å². The molecule has 0 saturated carbocycles. The van der Waals surface area contributed by atoms with Crippen molar-refractivity contribution in [3.63, 3.8) is 0 Å². The Morgan fingerprint density at radius 1 is 0.477 bits per heavy atom. The molecule has 0 unspecified atom stereocenters. The number of carbonyl (C=O) groups excluding carboxylic acids is 7. The highest BCUT2D eigenvalue weighted by molar-refractivity contribution is 5.69. The van der Waals surface area contributed by atoms with Crippen molar-refractivity contribution < 1.29 is 86.0 Å². The molecule has 44 heavy (non-hydrogen) atoms. The van der Waals surface area contributed by atoms with Gasteiger partial charge in [0.25, 0.3) is 0 Å². The van der Waals surface area contributed by atoms with Crippen LogP contribution >= 0.6 is 0 Å². The van der Waals surface area contributed by atoms with E-state index in [9.17, 15) is 38.7 Å². The molecule has 1 N–H and O–H groups in total. The molecule has 248 valence electrons. The molecule has 2 rings (SSSR count). The highest BCUT2D eigenvalue weighted by Gasteiger charge is 2.57. The first-order chi connectivity index (χ1) is 20.5. The first-order valence-corrected chi connectivity index (χ1v) is 13.3. The van der Waals surface area contributed by atoms with Crippen LogP contribution in [0.3, 0.4) is 0 Å². The van der Waals surface area contributed by atoms with Crippen molar-refractivity contribution in [1.29, 1.82) is 0 Å². The molecule has 0 radical (unpaired) electrons. The summed E-state index contributed by atoms with van der Waals surface area (Å²) in [6.45, 7) is 6.11. The first-order valence-electron chi connectivity index (χ1n) is 13.3. The molecule has 0 aromatic heterocycles. The minimum absolute atomic E-state index is 0.572. The van der Waals surface area contributed by atoms with E-state index in [4.69, 9.17) is 47.4 Å². The van der Waals surface area contributed by atoms with Crippen LogP contribution in [0.25, 0.3) is 0 Å². The second-order valence-electron chi connectivity index (χ2n) is 9.68. The molecule has 0 spiro atoms. The van der Waals surface area contributed by atoms with Crippen LogP contribution in [-0.4, -0.2) is 122 Å². The molecule has 2 fully saturated rings. The predicted molar refractivity (Wildman–Crippen MR) is 135 cm³/mol. The summed E-state index contributed by atoms with van der Waals surface area (Å²) in [5.41, 5.74) is 0. The van der Waals surface area contributed by atoms with Gasteiger partial charge in [-0.05, 0) is 0 Å². The highest BCUT2D eigenvalue weighted by Crippen LogP contribution is 2.34. The molecular formula is C26H36O18. The van der Waals surface area contributed by atoms with Crippen molar-refractivity contribution in [2.45, 2.75) is 110 Å². The largest absolute Gasteiger partial charge is 0.463 e. The molecule has 0 aliphatic carbocycles. The summed E-state index contributed by atoms with van der Waals surface area (Å²) in [5, 5.41) is 10.6. The maximum absolute atomic E-state index is 12.2. The maximum Gasteiger partial charge on any atom is 0.303 e. The summed E-state index contributed by atoms with van der Waals surface area (Å²) < 4.78 is 54.1. The quantitative estimate of drug-likeness (QED) is 0.203. The van der Waals surface area contributed by atoms with Gasteiger partial charge in [-0.1, -0.05) is 0 Å². The fourth-order valence-electron chi connectivity index (χ4n) is 4.49. The van der Waals surface area contributed by atoms with Crippen LogP contribution in [0.15, 0.2) is 0 Å². The van der Waals surface area contributed by atoms with E-state index in [1.807, 2.05) is 0 Å². The van der Waals surface area contributed by atoms with E-state index in [1.165, 1.54) is 0 Å². The molecule has 2 heterocycles. The summed E-state index contributed by atoms with van der Waals surface area (Å²) in [6, 6.07) is 0. The SMILES string of the molecule is CC(=O)OC[C@H]1O[C@@H](O[C@H]2[C@H](OC(C)=O)[C@@H](OC(C)=O)[C@H](O)O[C@@H]2COC(C)=O)[C@H](OC(C)=O)[C@@H](OC(C)=O)[C@H]1OC(C)=O. The summed E-state index contributed by atoms with van der Waals surface area (Å²) in [7, 11) is 0. The van der Waals surface area contributed by atoms with Gasteiger partial charge in [-0.2, -0.15) is 0 Å². The van der Waals surface area contributed by atoms with Crippen LogP contribution < -0.4 is 0 Å². The fraction of sp³-hybridized carbons (Fsp3) is 0.731. The Hall–Kier alpha value is -3.87. The lowest BCUT2D eigenvalue weighted by Crippen LogP contribution is -2.67. The van der Waals surface area contributed by atoms with Gasteiger partial charge in [0.1, 0.15) is 31.5 Å². The minimum Gasteiger partial charge on any atom is -0.463 e. The van der Waals surface area contributed by atoms with E-state index < -0.39 is 116 Å². The minimum atomic E-state index is -1.90. The number of ether oxygens (including phenoxy) is 10. The average Bonchev–Trinajstić information content (AvgIpc) is 2.87. The highest BCUT2D eigenvalue weighted by atomic mass is 16.8. The van der Waals surface area contributed by atoms with Crippen LogP contribution in [0.1, 0.15) is 48.5 Å². The molecule has 0 aromatic rings. The Balaban J connectivity index is 2.66. The standard InChI is InChI=1S/C26H36O18/c1-10(27)35-8-17-20(21(38-13(4)30)23(25(34)42-17)40-15(6)32)44-26-24(41-16(7)33)22(39-14(5)31)19(37-12(3)29)18(43-26)9-36-11(2)28/h17-26,34H,8-9H2,1-7H3/t17-,18-,19+,20-,21+,22+,23-,24-,25-,26+/m1/s1. The summed E-state index contributed by atoms with van der Waals surface area (Å²) >= 11 is 0. The smallest absolute Gasteiger partial charge is 0.303 e. The number of aliphatic hydroxyl groups excluding tert-OH is 1. The van der Waals surface area contributed by atoms with Crippen LogP contribution in [0.5, 0.6) is 0 Å². The van der Waals surface area contributed by atoms with Gasteiger partial charge in [-0.15, -0.1) is 0 Å². The fourth-order valence-corrected chi connectivity index (χ4v) is 4.49. The Kier molecular flexibility index (Phi) is 13.4. The Morgan fingerprint density at radius 2 is 0.841 bits per heavy atom. The number of aliphatic hydroxyl groups is 1. The van der Waals surface area contributed by atoms with Crippen LogP contribution in [0, 0.1) is 0 Å². The second kappa shape index (κ2) is 16.3. The van der Waals surface area contributed by atoms with Crippen molar-refractivity contribution in [1.82, 2.24) is 0 Å². The van der Waals surface area contributed by atoms with Crippen LogP contribution in [-0.2, 0) is 80.9 Å². The average molecular weight is 637 g/mol. The first kappa shape index (κ1) is 36.3. The Labute approximate surface area is 251 Å². The summed E-state index contributed by atoms with van der Waals surface area (Å²) in [4.78, 5) is 83.5. The van der Waals surface area contributed by atoms with Gasteiger partial charge >= 0.3 is 41.8 Å². The van der Waals surface area contributed by atoms with E-state index in [2.05, 4.69) is 0 Å². The molecule has 18 heteroatoms. The monoisotopic (exact) mass is 636 g/mol. The molecule has 2 saturated heterocycles. The lowest BCUT2D eigenvalue weighted by molar-refractivity contribution is -0.357. The van der Waals surface area contributed by atoms with E-state index in [0.29, 0.717) is 0 Å². The molecule has 2 aliphatic heterocycles. The van der Waals surface area contributed by atoms with E-state index in [1.54, 1.807) is 0 Å². The van der Waals surface area contributed by atoms with Gasteiger partial charge < -0.3 is 52.5 Å². The van der Waals surface area contributed by atoms with Gasteiger partial charge in [0.2, 0.25) is 0 Å². The molecule has 0 aromatic carbocycles. The third-order valence-electron chi connectivity index (χ3n) is 5.90. The lowest BCUT2D eigenvalue weighted by atomic mass is 9.96. The molecule has 10 atom stereocenters. The Bertz CT molecular complexity index is 1090. The number of esters is 7. The zero-order valence-electron chi connectivity index (χ0n) is 25.1. The van der Waals surface area contributed by atoms with Crippen molar-refractivity contribution >= 4 is 41.8 Å². The van der Waals surface area contributed by atoms with Crippen molar-refractivity contribution in [3.05, 3.63) is 0 Å². The Morgan fingerprint density at radius 3 is 1.27 bits per heavy atom. The maximum atomic E-state index is 12.2. The van der Waals surface area contributed by atoms with Gasteiger partial charge in [-0.25, -0.2) is 0 Å². The van der Waals surface area contributed by atoms with Gasteiger partial charge in [0.05, 0.1) is 0 Å². The van der Waals surface area contributed by atoms with Crippen LogP contribution in [0.2, 0.25) is 0 Å². The van der Waals surface area contributed by atoms with Crippen LogP contribution in [0.4, 0.5) is 0 Å². The van der Waals surface area contributed by atoms with E-state index in [0.717, 1.165) is 48.5 Å². The second-order valence-corrected chi connectivity index (χ2v) is 9.68. The van der Waals surface area contributed by atoms with E-state index >= 15 is 0 Å². The van der Waals surface area contributed by atoms with Gasteiger partial charge in [0.15, 0.2) is 43.1 Å². The molecule has 0 bridgehead atoms. The molecule has 18 nitrogen and oxygen atoms in total. The van der Waals surface area contributed by atoms with Crippen molar-refractivity contribution in [2.75, 3.05) is 13.2 Å². The lowest BCUT2D eigenvalue weighted by Gasteiger charge is -2.48. The summed E-state index contributed by atoms with van der Waals surface area (Å²) in [5.74, 6) is -6.03. The summed E-state index contributed by atoms with van der Waals surface area (Å²) in [6.07, 6.45) is -16.3. The predicted octanol–water partition coefficient (Wildman–Crippen LogP) is -1.40. The molecule has 0 amide bonds. The number of hydrogen-bond acceptors (Lipinski definition) is 18. The number of rotatable bonds is 11. The normalized spacial score (nSPS) is 31.5. The zero-order valence-corrected chi connectivity index (χ0v) is 25.1. The molecular weight excluding hydrogens is 600 g/mol. The van der Waals surface area contributed by atoms with Crippen molar-refractivity contribution in [3.8, 4) is 0 Å². The van der Waals surface area contributed by atoms with Gasteiger partial charge in [-0.3, -0.25) is 33.6 Å². The van der Waals surface area contributed by atoms with Crippen molar-refractivity contribution in [2.24, 2.45) is 0 Å². The zero-order chi connectivity index (χ0) is 33.3. The third-order valence-corrected chi connectivity index (χ3v) is 5.90. The third kappa shape index (κ3) is 10.7. The molecule has 2 aliphatic rings. The number of carbonyl (C=O) groups is 7.